The smallest absolute Gasteiger partial charge is 0.102 e. The minimum Gasteiger partial charge on any atom is -0.231 e. The van der Waals surface area contributed by atoms with Crippen LogP contribution in [0, 0.1) is 0 Å². The standard InChI is InChI=1S/C53H34N2/c1-4-17-36(18-5-1)46-32-43-33-49(38-21-8-3-9-22-38)55-53(48(43)34-47(46)37-19-6-2-7-20-37)50(42-29-28-35-16-10-11-23-39(35)30-42)52(54-55)51-44-26-14-12-24-40(44)31-41-25-13-15-27-45(41)51/h1-34H. The Bertz CT molecular complexity index is 3180. The summed E-state index contributed by atoms with van der Waals surface area (Å²) in [7, 11) is 0. The highest BCUT2D eigenvalue weighted by atomic mass is 15.2. The van der Waals surface area contributed by atoms with Crippen molar-refractivity contribution >= 4 is 48.6 Å². The lowest BCUT2D eigenvalue weighted by molar-refractivity contribution is 0.981. The van der Waals surface area contributed by atoms with Crippen molar-refractivity contribution in [3.8, 4) is 55.9 Å². The first-order chi connectivity index (χ1) is 27.3. The van der Waals surface area contributed by atoms with E-state index in [1.807, 2.05) is 0 Å². The molecule has 0 aliphatic carbocycles. The summed E-state index contributed by atoms with van der Waals surface area (Å²) in [5.41, 5.74) is 12.4. The Hall–Kier alpha value is -7.29. The first-order valence-corrected chi connectivity index (χ1v) is 18.9. The van der Waals surface area contributed by atoms with Crippen LogP contribution in [0.25, 0.3) is 105 Å². The summed E-state index contributed by atoms with van der Waals surface area (Å²) in [6.07, 6.45) is 0. The van der Waals surface area contributed by atoms with E-state index in [-0.39, 0.29) is 0 Å². The largest absolute Gasteiger partial charge is 0.231 e. The zero-order valence-corrected chi connectivity index (χ0v) is 30.0. The third-order valence-corrected chi connectivity index (χ3v) is 11.1. The first-order valence-electron chi connectivity index (χ1n) is 18.9. The molecule has 0 spiro atoms. The fraction of sp³-hybridized carbons (Fsp3) is 0. The normalized spacial score (nSPS) is 11.6. The number of hydrogen-bond acceptors (Lipinski definition) is 1. The number of fused-ring (bicyclic) bond motifs is 6. The van der Waals surface area contributed by atoms with Gasteiger partial charge < -0.3 is 0 Å². The Morgan fingerprint density at radius 2 is 0.836 bits per heavy atom. The van der Waals surface area contributed by atoms with Crippen LogP contribution in [0.2, 0.25) is 0 Å². The molecule has 0 saturated carbocycles. The molecule has 0 unspecified atom stereocenters. The molecular formula is C53H34N2. The Morgan fingerprint density at radius 3 is 1.47 bits per heavy atom. The molecule has 0 fully saturated rings. The Kier molecular flexibility index (Phi) is 7.21. The van der Waals surface area contributed by atoms with Crippen molar-refractivity contribution in [3.63, 3.8) is 0 Å². The van der Waals surface area contributed by atoms with Crippen molar-refractivity contribution in [2.24, 2.45) is 0 Å². The summed E-state index contributed by atoms with van der Waals surface area (Å²) in [4.78, 5) is 0. The third kappa shape index (κ3) is 5.15. The molecule has 0 aliphatic heterocycles. The van der Waals surface area contributed by atoms with Gasteiger partial charge in [0.1, 0.15) is 5.69 Å². The second kappa shape index (κ2) is 12.7. The van der Waals surface area contributed by atoms with Gasteiger partial charge >= 0.3 is 0 Å². The van der Waals surface area contributed by atoms with E-state index in [4.69, 9.17) is 5.10 Å². The van der Waals surface area contributed by atoms with Crippen molar-refractivity contribution in [1.82, 2.24) is 9.61 Å². The van der Waals surface area contributed by atoms with Gasteiger partial charge in [0.15, 0.2) is 0 Å². The molecule has 0 atom stereocenters. The van der Waals surface area contributed by atoms with Gasteiger partial charge in [-0.25, -0.2) is 4.52 Å². The highest BCUT2D eigenvalue weighted by Gasteiger charge is 2.25. The van der Waals surface area contributed by atoms with Crippen LogP contribution >= 0.6 is 0 Å². The van der Waals surface area contributed by atoms with Crippen molar-refractivity contribution in [2.45, 2.75) is 0 Å². The summed E-state index contributed by atoms with van der Waals surface area (Å²) >= 11 is 0. The van der Waals surface area contributed by atoms with Gasteiger partial charge in [0, 0.05) is 22.1 Å². The summed E-state index contributed by atoms with van der Waals surface area (Å²) in [6, 6.07) is 74.7. The number of aromatic nitrogens is 2. The maximum absolute atomic E-state index is 5.77. The lowest BCUT2D eigenvalue weighted by atomic mass is 9.88. The molecule has 9 aromatic carbocycles. The van der Waals surface area contributed by atoms with E-state index >= 15 is 0 Å². The van der Waals surface area contributed by atoms with Gasteiger partial charge in [-0.05, 0) is 95.9 Å². The molecule has 55 heavy (non-hydrogen) atoms. The molecule has 0 N–H and O–H groups in total. The molecule has 2 heterocycles. The van der Waals surface area contributed by atoms with Crippen LogP contribution in [-0.2, 0) is 0 Å². The number of nitrogens with zero attached hydrogens (tertiary/aromatic N) is 2. The molecule has 0 radical (unpaired) electrons. The summed E-state index contributed by atoms with van der Waals surface area (Å²) in [5.74, 6) is 0. The highest BCUT2D eigenvalue weighted by Crippen LogP contribution is 2.47. The average molecular weight is 699 g/mol. The number of rotatable bonds is 5. The summed E-state index contributed by atoms with van der Waals surface area (Å²) in [5, 5.41) is 15.3. The Labute approximate surface area is 319 Å². The second-order valence-electron chi connectivity index (χ2n) is 14.4. The monoisotopic (exact) mass is 698 g/mol. The van der Waals surface area contributed by atoms with Gasteiger partial charge in [0.2, 0.25) is 0 Å². The topological polar surface area (TPSA) is 17.3 Å². The number of benzene rings is 9. The van der Waals surface area contributed by atoms with Gasteiger partial charge in [-0.3, -0.25) is 0 Å². The minimum absolute atomic E-state index is 0.973. The fourth-order valence-electron chi connectivity index (χ4n) is 8.58. The van der Waals surface area contributed by atoms with Crippen LogP contribution in [-0.4, -0.2) is 9.61 Å². The molecule has 0 bridgehead atoms. The van der Waals surface area contributed by atoms with Gasteiger partial charge in [-0.1, -0.05) is 176 Å². The maximum Gasteiger partial charge on any atom is 0.102 e. The SMILES string of the molecule is c1ccc(-c2cc3cc(-c4ccccc4)n4nc(-c5c6ccccc6cc6ccccc56)c(-c5ccc6ccccc6c5)c4c3cc2-c2ccccc2)cc1. The maximum atomic E-state index is 5.77. The summed E-state index contributed by atoms with van der Waals surface area (Å²) < 4.78 is 2.23. The van der Waals surface area contributed by atoms with Crippen molar-refractivity contribution in [3.05, 3.63) is 206 Å². The van der Waals surface area contributed by atoms with E-state index in [1.165, 1.54) is 60.0 Å². The average Bonchev–Trinajstić information content (AvgIpc) is 3.66. The second-order valence-corrected chi connectivity index (χ2v) is 14.4. The van der Waals surface area contributed by atoms with Crippen molar-refractivity contribution < 1.29 is 0 Å². The predicted octanol–water partition coefficient (Wildman–Crippen LogP) is 14.3. The van der Waals surface area contributed by atoms with Crippen LogP contribution in [0.4, 0.5) is 0 Å². The van der Waals surface area contributed by atoms with E-state index in [0.29, 0.717) is 0 Å². The molecular weight excluding hydrogens is 665 g/mol. The molecule has 0 amide bonds. The van der Waals surface area contributed by atoms with Crippen LogP contribution in [0.15, 0.2) is 206 Å². The van der Waals surface area contributed by atoms with E-state index in [9.17, 15) is 0 Å². The fourth-order valence-corrected chi connectivity index (χ4v) is 8.58. The number of hydrogen-bond donors (Lipinski definition) is 0. The summed E-state index contributed by atoms with van der Waals surface area (Å²) in [6.45, 7) is 0. The lowest BCUT2D eigenvalue weighted by Crippen LogP contribution is -1.97. The Balaban J connectivity index is 1.37. The molecule has 2 heteroatoms. The van der Waals surface area contributed by atoms with Crippen molar-refractivity contribution in [1.29, 1.82) is 0 Å². The molecule has 2 aromatic heterocycles. The van der Waals surface area contributed by atoms with Crippen molar-refractivity contribution in [2.75, 3.05) is 0 Å². The van der Waals surface area contributed by atoms with Gasteiger partial charge in [0.25, 0.3) is 0 Å². The van der Waals surface area contributed by atoms with Crippen LogP contribution < -0.4 is 0 Å². The van der Waals surface area contributed by atoms with Gasteiger partial charge in [-0.15, -0.1) is 0 Å². The van der Waals surface area contributed by atoms with E-state index in [0.717, 1.165) is 44.5 Å². The zero-order chi connectivity index (χ0) is 36.3. The Morgan fingerprint density at radius 1 is 0.309 bits per heavy atom. The van der Waals surface area contributed by atoms with Crippen LogP contribution in [0.3, 0.4) is 0 Å². The van der Waals surface area contributed by atoms with E-state index in [2.05, 4.69) is 211 Å². The third-order valence-electron chi connectivity index (χ3n) is 11.1. The number of pyridine rings is 1. The molecule has 11 aromatic rings. The van der Waals surface area contributed by atoms with Gasteiger partial charge in [-0.2, -0.15) is 5.10 Å². The van der Waals surface area contributed by atoms with Crippen LogP contribution in [0.5, 0.6) is 0 Å². The van der Waals surface area contributed by atoms with Gasteiger partial charge in [0.05, 0.1) is 11.2 Å². The zero-order valence-electron chi connectivity index (χ0n) is 30.0. The van der Waals surface area contributed by atoms with E-state index in [1.54, 1.807) is 0 Å². The van der Waals surface area contributed by atoms with E-state index < -0.39 is 0 Å². The quantitative estimate of drug-likeness (QED) is 0.164. The predicted molar refractivity (Wildman–Crippen MR) is 232 cm³/mol. The molecule has 11 rings (SSSR count). The van der Waals surface area contributed by atoms with Crippen LogP contribution in [0.1, 0.15) is 0 Å². The minimum atomic E-state index is 0.973. The molecule has 2 nitrogen and oxygen atoms in total. The molecule has 256 valence electrons. The highest BCUT2D eigenvalue weighted by molar-refractivity contribution is 6.18. The molecule has 0 aliphatic rings. The lowest BCUT2D eigenvalue weighted by Gasteiger charge is -2.16. The first kappa shape index (κ1) is 31.3. The molecule has 0 saturated heterocycles.